The molecule has 1 N–H and O–H groups in total. The van der Waals surface area contributed by atoms with Crippen LogP contribution in [0.2, 0.25) is 0 Å². The number of nitrogens with zero attached hydrogens (tertiary/aromatic N) is 2. The molecule has 0 unspecified atom stereocenters. The van der Waals surface area contributed by atoms with E-state index in [2.05, 4.69) is 4.98 Å². The summed E-state index contributed by atoms with van der Waals surface area (Å²) in [4.78, 5) is 24.7. The zero-order valence-electron chi connectivity index (χ0n) is 9.52. The highest BCUT2D eigenvalue weighted by Crippen LogP contribution is 2.27. The molecule has 0 aliphatic rings. The van der Waals surface area contributed by atoms with Crippen molar-refractivity contribution in [3.05, 3.63) is 58.4 Å². The van der Waals surface area contributed by atoms with E-state index in [0.717, 1.165) is 12.1 Å². The van der Waals surface area contributed by atoms with E-state index >= 15 is 0 Å². The predicted molar refractivity (Wildman–Crippen MR) is 64.4 cm³/mol. The predicted octanol–water partition coefficient (Wildman–Crippen LogP) is 2.48. The van der Waals surface area contributed by atoms with Gasteiger partial charge < -0.3 is 9.84 Å². The lowest BCUT2D eigenvalue weighted by molar-refractivity contribution is -0.385. The number of carboxylic acids is 1. The second-order valence-electron chi connectivity index (χ2n) is 3.53. The van der Waals surface area contributed by atoms with E-state index < -0.39 is 16.6 Å². The first-order valence-electron chi connectivity index (χ1n) is 5.17. The van der Waals surface area contributed by atoms with Gasteiger partial charge in [-0.05, 0) is 24.3 Å². The number of hydrogen-bond donors (Lipinski definition) is 1. The van der Waals surface area contributed by atoms with Crippen molar-refractivity contribution in [2.75, 3.05) is 0 Å². The van der Waals surface area contributed by atoms with Crippen molar-refractivity contribution in [1.82, 2.24) is 4.98 Å². The molecule has 0 amide bonds. The summed E-state index contributed by atoms with van der Waals surface area (Å²) in [5.41, 5.74) is -0.905. The number of carbonyl (C=O) groups is 1. The number of nitro groups is 1. The van der Waals surface area contributed by atoms with Crippen LogP contribution in [0, 0.1) is 10.1 Å². The molecule has 19 heavy (non-hydrogen) atoms. The number of nitro benzene ring substituents is 1. The van der Waals surface area contributed by atoms with Crippen LogP contribution in [-0.2, 0) is 0 Å². The van der Waals surface area contributed by atoms with Gasteiger partial charge in [0.1, 0.15) is 17.1 Å². The van der Waals surface area contributed by atoms with E-state index in [0.29, 0.717) is 5.75 Å². The van der Waals surface area contributed by atoms with Crippen molar-refractivity contribution in [1.29, 1.82) is 0 Å². The van der Waals surface area contributed by atoms with Gasteiger partial charge in [0.25, 0.3) is 5.69 Å². The molecule has 2 rings (SSSR count). The highest BCUT2D eigenvalue weighted by molar-refractivity contribution is 5.92. The van der Waals surface area contributed by atoms with Crippen molar-refractivity contribution in [2.45, 2.75) is 0 Å². The summed E-state index contributed by atoms with van der Waals surface area (Å²) in [6.07, 6.45) is 3.00. The number of aromatic carboxylic acids is 1. The molecule has 1 aromatic heterocycles. The van der Waals surface area contributed by atoms with Crippen LogP contribution < -0.4 is 4.74 Å². The second kappa shape index (κ2) is 5.13. The summed E-state index contributed by atoms with van der Waals surface area (Å²) in [5, 5.41) is 19.6. The Kier molecular flexibility index (Phi) is 3.37. The number of aromatic nitrogens is 1. The minimum absolute atomic E-state index is 0.171. The number of carboxylic acid groups (broad SMARTS) is 1. The highest BCUT2D eigenvalue weighted by Gasteiger charge is 2.20. The fourth-order valence-corrected chi connectivity index (χ4v) is 1.45. The topological polar surface area (TPSA) is 103 Å². The molecule has 0 atom stereocenters. The third-order valence-corrected chi connectivity index (χ3v) is 2.27. The molecule has 0 aliphatic carbocycles. The van der Waals surface area contributed by atoms with Gasteiger partial charge in [0.05, 0.1) is 17.2 Å². The number of rotatable bonds is 4. The third kappa shape index (κ3) is 2.83. The molecular formula is C12H8N2O5. The van der Waals surface area contributed by atoms with Crippen LogP contribution >= 0.6 is 0 Å². The molecule has 1 heterocycles. The first-order chi connectivity index (χ1) is 9.08. The minimum atomic E-state index is -1.36. The standard InChI is InChI=1S/C12H8N2O5/c15-12(16)10-4-3-8(6-11(10)14(17)18)19-9-2-1-5-13-7-9/h1-7H,(H,15,16). The molecule has 1 aromatic carbocycles. The van der Waals surface area contributed by atoms with Gasteiger partial charge in [0.15, 0.2) is 0 Å². The third-order valence-electron chi connectivity index (χ3n) is 2.27. The van der Waals surface area contributed by atoms with Crippen molar-refractivity contribution in [3.8, 4) is 11.5 Å². The monoisotopic (exact) mass is 260 g/mol. The summed E-state index contributed by atoms with van der Waals surface area (Å²) < 4.78 is 5.34. The van der Waals surface area contributed by atoms with E-state index in [-0.39, 0.29) is 11.3 Å². The number of ether oxygens (including phenoxy) is 1. The quantitative estimate of drug-likeness (QED) is 0.669. The zero-order chi connectivity index (χ0) is 13.8. The maximum Gasteiger partial charge on any atom is 0.342 e. The Morgan fingerprint density at radius 2 is 2.11 bits per heavy atom. The Bertz CT molecular complexity index is 627. The van der Waals surface area contributed by atoms with Gasteiger partial charge in [-0.15, -0.1) is 0 Å². The molecule has 0 fully saturated rings. The molecular weight excluding hydrogens is 252 g/mol. The highest BCUT2D eigenvalue weighted by atomic mass is 16.6. The normalized spacial score (nSPS) is 9.89. The van der Waals surface area contributed by atoms with Crippen molar-refractivity contribution < 1.29 is 19.6 Å². The first-order valence-corrected chi connectivity index (χ1v) is 5.17. The molecule has 0 saturated carbocycles. The van der Waals surface area contributed by atoms with Gasteiger partial charge >= 0.3 is 5.97 Å². The fourth-order valence-electron chi connectivity index (χ4n) is 1.45. The SMILES string of the molecule is O=C(O)c1ccc(Oc2cccnc2)cc1[N+](=O)[O-]. The van der Waals surface area contributed by atoms with Gasteiger partial charge in [-0.1, -0.05) is 0 Å². The Labute approximate surface area is 107 Å². The summed E-state index contributed by atoms with van der Waals surface area (Å²) in [6.45, 7) is 0. The molecule has 0 saturated heterocycles. The van der Waals surface area contributed by atoms with Crippen LogP contribution in [0.15, 0.2) is 42.7 Å². The maximum absolute atomic E-state index is 10.8. The molecule has 7 heteroatoms. The van der Waals surface area contributed by atoms with E-state index in [1.54, 1.807) is 18.3 Å². The average Bonchev–Trinajstić information content (AvgIpc) is 2.39. The average molecular weight is 260 g/mol. The lowest BCUT2D eigenvalue weighted by atomic mass is 10.2. The van der Waals surface area contributed by atoms with Gasteiger partial charge in [-0.25, -0.2) is 4.79 Å². The lowest BCUT2D eigenvalue weighted by Crippen LogP contribution is -2.02. The maximum atomic E-state index is 10.8. The molecule has 0 radical (unpaired) electrons. The summed E-state index contributed by atoms with van der Waals surface area (Å²) in [6, 6.07) is 6.82. The molecule has 0 spiro atoms. The fraction of sp³-hybridized carbons (Fsp3) is 0. The zero-order valence-corrected chi connectivity index (χ0v) is 9.52. The largest absolute Gasteiger partial charge is 0.477 e. The Balaban J connectivity index is 2.36. The van der Waals surface area contributed by atoms with Gasteiger partial charge in [-0.2, -0.15) is 0 Å². The summed E-state index contributed by atoms with van der Waals surface area (Å²) in [7, 11) is 0. The molecule has 0 aliphatic heterocycles. The van der Waals surface area contributed by atoms with Crippen molar-refractivity contribution >= 4 is 11.7 Å². The molecule has 2 aromatic rings. The smallest absolute Gasteiger partial charge is 0.342 e. The number of benzene rings is 1. The minimum Gasteiger partial charge on any atom is -0.477 e. The van der Waals surface area contributed by atoms with Crippen LogP contribution in [0.4, 0.5) is 5.69 Å². The number of hydrogen-bond acceptors (Lipinski definition) is 5. The van der Waals surface area contributed by atoms with Crippen LogP contribution in [-0.4, -0.2) is 21.0 Å². The second-order valence-corrected chi connectivity index (χ2v) is 3.53. The van der Waals surface area contributed by atoms with E-state index in [4.69, 9.17) is 9.84 Å². The Morgan fingerprint density at radius 1 is 1.32 bits per heavy atom. The first kappa shape index (κ1) is 12.5. The molecule has 96 valence electrons. The number of pyridine rings is 1. The van der Waals surface area contributed by atoms with Gasteiger partial charge in [-0.3, -0.25) is 15.1 Å². The molecule has 7 nitrogen and oxygen atoms in total. The van der Waals surface area contributed by atoms with E-state index in [9.17, 15) is 14.9 Å². The lowest BCUT2D eigenvalue weighted by Gasteiger charge is -2.05. The van der Waals surface area contributed by atoms with Crippen LogP contribution in [0.25, 0.3) is 0 Å². The summed E-state index contributed by atoms with van der Waals surface area (Å²) >= 11 is 0. The van der Waals surface area contributed by atoms with Crippen LogP contribution in [0.1, 0.15) is 10.4 Å². The van der Waals surface area contributed by atoms with Gasteiger partial charge in [0, 0.05) is 6.20 Å². The molecule has 0 bridgehead atoms. The van der Waals surface area contributed by atoms with Crippen LogP contribution in [0.3, 0.4) is 0 Å². The Hall–Kier alpha value is -2.96. The Morgan fingerprint density at radius 3 is 2.68 bits per heavy atom. The summed E-state index contributed by atoms with van der Waals surface area (Å²) in [5.74, 6) is -0.788. The van der Waals surface area contributed by atoms with Crippen molar-refractivity contribution in [2.24, 2.45) is 0 Å². The van der Waals surface area contributed by atoms with Crippen molar-refractivity contribution in [3.63, 3.8) is 0 Å². The van der Waals surface area contributed by atoms with Crippen LogP contribution in [0.5, 0.6) is 11.5 Å². The van der Waals surface area contributed by atoms with E-state index in [1.807, 2.05) is 0 Å². The van der Waals surface area contributed by atoms with E-state index in [1.165, 1.54) is 12.3 Å². The van der Waals surface area contributed by atoms with Gasteiger partial charge in [0.2, 0.25) is 0 Å².